The molecule has 14 heavy (non-hydrogen) atoms. The van der Waals surface area contributed by atoms with Gasteiger partial charge >= 0.3 is 12.1 Å². The van der Waals surface area contributed by atoms with E-state index in [4.69, 9.17) is 0 Å². The van der Waals surface area contributed by atoms with Crippen molar-refractivity contribution in [2.24, 2.45) is 0 Å². The molecule has 3 nitrogen and oxygen atoms in total. The van der Waals surface area contributed by atoms with Crippen LogP contribution in [-0.2, 0) is 4.79 Å². The van der Waals surface area contributed by atoms with Gasteiger partial charge in [-0.3, -0.25) is 4.79 Å². The number of carbonyl (C=O) groups is 1. The van der Waals surface area contributed by atoms with E-state index in [1.165, 1.54) is 13.8 Å². The first-order valence-electron chi connectivity index (χ1n) is 4.24. The zero-order valence-electron chi connectivity index (χ0n) is 7.93. The number of carbonyl (C=O) groups excluding carboxylic acids is 1. The number of aliphatic hydroxyl groups is 1. The molecule has 0 radical (unpaired) electrons. The molecule has 1 rings (SSSR count). The second kappa shape index (κ2) is 3.12. The maximum absolute atomic E-state index is 12.1. The zero-order valence-corrected chi connectivity index (χ0v) is 7.93. The van der Waals surface area contributed by atoms with Crippen LogP contribution in [0.25, 0.3) is 0 Å². The Morgan fingerprint density at radius 3 is 2.29 bits per heavy atom. The standard InChI is InChI=1S/C8H12F3NO2/c1-7(2)5(13)3-4-12(7)6(14)8(9,10)11/h5,13H,3-4H2,1-2H3. The van der Waals surface area contributed by atoms with E-state index in [2.05, 4.69) is 0 Å². The van der Waals surface area contributed by atoms with E-state index < -0.39 is 23.7 Å². The molecular weight excluding hydrogens is 199 g/mol. The van der Waals surface area contributed by atoms with Gasteiger partial charge in [-0.15, -0.1) is 0 Å². The fourth-order valence-corrected chi connectivity index (χ4v) is 1.59. The summed E-state index contributed by atoms with van der Waals surface area (Å²) in [7, 11) is 0. The van der Waals surface area contributed by atoms with Gasteiger partial charge < -0.3 is 10.0 Å². The van der Waals surface area contributed by atoms with Crippen LogP contribution >= 0.6 is 0 Å². The van der Waals surface area contributed by atoms with Crippen molar-refractivity contribution in [2.45, 2.75) is 38.1 Å². The van der Waals surface area contributed by atoms with Crippen LogP contribution in [0, 0.1) is 0 Å². The Morgan fingerprint density at radius 2 is 2.00 bits per heavy atom. The van der Waals surface area contributed by atoms with Crippen molar-refractivity contribution in [3.8, 4) is 0 Å². The maximum atomic E-state index is 12.1. The molecule has 0 saturated carbocycles. The molecule has 1 saturated heterocycles. The van der Waals surface area contributed by atoms with Crippen LogP contribution in [0.15, 0.2) is 0 Å². The molecule has 1 amide bonds. The summed E-state index contributed by atoms with van der Waals surface area (Å²) in [6, 6.07) is 0. The number of likely N-dealkylation sites (tertiary alicyclic amines) is 1. The Kier molecular flexibility index (Phi) is 2.51. The minimum atomic E-state index is -4.86. The van der Waals surface area contributed by atoms with Crippen molar-refractivity contribution in [1.82, 2.24) is 4.90 Å². The van der Waals surface area contributed by atoms with Gasteiger partial charge in [-0.1, -0.05) is 0 Å². The lowest BCUT2D eigenvalue weighted by Gasteiger charge is -2.34. The van der Waals surface area contributed by atoms with E-state index in [0.29, 0.717) is 4.90 Å². The summed E-state index contributed by atoms with van der Waals surface area (Å²) in [4.78, 5) is 11.6. The lowest BCUT2D eigenvalue weighted by atomic mass is 9.99. The number of amides is 1. The predicted molar refractivity (Wildman–Crippen MR) is 42.5 cm³/mol. The first-order chi connectivity index (χ1) is 6.17. The number of nitrogens with zero attached hydrogens (tertiary/aromatic N) is 1. The lowest BCUT2D eigenvalue weighted by molar-refractivity contribution is -0.190. The van der Waals surface area contributed by atoms with Crippen molar-refractivity contribution in [1.29, 1.82) is 0 Å². The Hall–Kier alpha value is -0.780. The van der Waals surface area contributed by atoms with Crippen LogP contribution < -0.4 is 0 Å². The molecule has 0 aromatic carbocycles. The maximum Gasteiger partial charge on any atom is 0.471 e. The third-order valence-corrected chi connectivity index (χ3v) is 2.62. The molecule has 0 bridgehead atoms. The monoisotopic (exact) mass is 211 g/mol. The summed E-state index contributed by atoms with van der Waals surface area (Å²) in [5.74, 6) is -1.88. The minimum Gasteiger partial charge on any atom is -0.391 e. The molecule has 0 aliphatic carbocycles. The minimum absolute atomic E-state index is 0.0491. The van der Waals surface area contributed by atoms with Gasteiger partial charge in [0, 0.05) is 6.54 Å². The molecule has 0 aromatic rings. The van der Waals surface area contributed by atoms with Gasteiger partial charge in [0.25, 0.3) is 0 Å². The number of hydrogen-bond acceptors (Lipinski definition) is 2. The molecule has 1 aliphatic rings. The van der Waals surface area contributed by atoms with Crippen LogP contribution in [0.4, 0.5) is 13.2 Å². The van der Waals surface area contributed by atoms with Crippen molar-refractivity contribution in [3.63, 3.8) is 0 Å². The van der Waals surface area contributed by atoms with Crippen molar-refractivity contribution in [3.05, 3.63) is 0 Å². The molecule has 0 spiro atoms. The number of alkyl halides is 3. The van der Waals surface area contributed by atoms with Crippen LogP contribution in [-0.4, -0.2) is 40.3 Å². The summed E-state index contributed by atoms with van der Waals surface area (Å²) in [6.07, 6.45) is -5.57. The van der Waals surface area contributed by atoms with Crippen LogP contribution in [0.3, 0.4) is 0 Å². The van der Waals surface area contributed by atoms with E-state index in [1.54, 1.807) is 0 Å². The molecule has 82 valence electrons. The molecule has 0 aromatic heterocycles. The van der Waals surface area contributed by atoms with E-state index in [-0.39, 0.29) is 13.0 Å². The van der Waals surface area contributed by atoms with Crippen LogP contribution in [0.1, 0.15) is 20.3 Å². The highest BCUT2D eigenvalue weighted by Gasteiger charge is 2.51. The first-order valence-corrected chi connectivity index (χ1v) is 4.24. The molecule has 1 unspecified atom stereocenters. The fraction of sp³-hybridized carbons (Fsp3) is 0.875. The van der Waals surface area contributed by atoms with Gasteiger partial charge in [0.05, 0.1) is 11.6 Å². The Bertz CT molecular complexity index is 249. The second-order valence-corrected chi connectivity index (χ2v) is 3.91. The molecule has 1 aliphatic heterocycles. The number of hydrogen-bond donors (Lipinski definition) is 1. The number of rotatable bonds is 0. The smallest absolute Gasteiger partial charge is 0.391 e. The SMILES string of the molecule is CC1(C)C(O)CCN1C(=O)C(F)(F)F. The summed E-state index contributed by atoms with van der Waals surface area (Å²) in [6.45, 7) is 2.80. The van der Waals surface area contributed by atoms with Gasteiger partial charge in [-0.2, -0.15) is 13.2 Å². The van der Waals surface area contributed by atoms with E-state index in [9.17, 15) is 23.1 Å². The molecule has 1 N–H and O–H groups in total. The van der Waals surface area contributed by atoms with Gasteiger partial charge in [-0.25, -0.2) is 0 Å². The highest BCUT2D eigenvalue weighted by molar-refractivity contribution is 5.83. The Balaban J connectivity index is 2.86. The normalized spacial score (nSPS) is 26.7. The lowest BCUT2D eigenvalue weighted by Crippen LogP contribution is -2.52. The average Bonchev–Trinajstić information content (AvgIpc) is 2.25. The molecule has 1 atom stereocenters. The summed E-state index contributed by atoms with van der Waals surface area (Å²) in [5.41, 5.74) is -1.13. The number of halogens is 3. The third kappa shape index (κ3) is 1.70. The summed E-state index contributed by atoms with van der Waals surface area (Å²) >= 11 is 0. The van der Waals surface area contributed by atoms with Crippen molar-refractivity contribution >= 4 is 5.91 Å². The number of aliphatic hydroxyl groups excluding tert-OH is 1. The zero-order chi connectivity index (χ0) is 11.1. The van der Waals surface area contributed by atoms with Gasteiger partial charge in [0.2, 0.25) is 0 Å². The van der Waals surface area contributed by atoms with Gasteiger partial charge in [-0.05, 0) is 20.3 Å². The Morgan fingerprint density at radius 1 is 1.50 bits per heavy atom. The highest BCUT2D eigenvalue weighted by atomic mass is 19.4. The quantitative estimate of drug-likeness (QED) is 0.647. The topological polar surface area (TPSA) is 40.5 Å². The third-order valence-electron chi connectivity index (χ3n) is 2.62. The van der Waals surface area contributed by atoms with Crippen LogP contribution in [0.5, 0.6) is 0 Å². The van der Waals surface area contributed by atoms with Gasteiger partial charge in [0.1, 0.15) is 0 Å². The average molecular weight is 211 g/mol. The van der Waals surface area contributed by atoms with Crippen LogP contribution in [0.2, 0.25) is 0 Å². The van der Waals surface area contributed by atoms with Crippen molar-refractivity contribution in [2.75, 3.05) is 6.54 Å². The summed E-state index contributed by atoms with van der Waals surface area (Å²) < 4.78 is 36.3. The molecule has 1 heterocycles. The van der Waals surface area contributed by atoms with E-state index in [0.717, 1.165) is 0 Å². The van der Waals surface area contributed by atoms with E-state index in [1.807, 2.05) is 0 Å². The molecule has 1 fully saturated rings. The molecular formula is C8H12F3NO2. The Labute approximate surface area is 79.5 Å². The summed E-state index contributed by atoms with van der Waals surface area (Å²) in [5, 5.41) is 9.38. The first kappa shape index (κ1) is 11.3. The largest absolute Gasteiger partial charge is 0.471 e. The highest BCUT2D eigenvalue weighted by Crippen LogP contribution is 2.32. The van der Waals surface area contributed by atoms with E-state index >= 15 is 0 Å². The molecule has 6 heteroatoms. The fourth-order valence-electron chi connectivity index (χ4n) is 1.59. The van der Waals surface area contributed by atoms with Crippen molar-refractivity contribution < 1.29 is 23.1 Å². The predicted octanol–water partition coefficient (Wildman–Crippen LogP) is 0.921. The second-order valence-electron chi connectivity index (χ2n) is 3.91. The van der Waals surface area contributed by atoms with Gasteiger partial charge in [0.15, 0.2) is 0 Å².